The van der Waals surface area contributed by atoms with Gasteiger partial charge in [-0.05, 0) is 30.7 Å². The molecule has 0 saturated carbocycles. The van der Waals surface area contributed by atoms with Crippen LogP contribution in [0.3, 0.4) is 0 Å². The highest BCUT2D eigenvalue weighted by Crippen LogP contribution is 2.42. The van der Waals surface area contributed by atoms with E-state index in [1.54, 1.807) is 17.0 Å². The number of nitrogens with zero attached hydrogens (tertiary/aromatic N) is 1. The highest BCUT2D eigenvalue weighted by molar-refractivity contribution is 9.10. The normalized spacial score (nSPS) is 16.5. The molecule has 24 heavy (non-hydrogen) atoms. The number of halogens is 1. The Bertz CT molecular complexity index is 779. The Balaban J connectivity index is 2.12. The van der Waals surface area contributed by atoms with E-state index in [9.17, 15) is 9.90 Å². The minimum absolute atomic E-state index is 0.0338. The predicted molar refractivity (Wildman–Crippen MR) is 96.5 cm³/mol. The number of fused-ring (bicyclic) bond motifs is 1. The molecule has 1 heterocycles. The third-order valence-electron chi connectivity index (χ3n) is 4.07. The van der Waals surface area contributed by atoms with Crippen LogP contribution in [0.5, 0.6) is 11.5 Å². The van der Waals surface area contributed by atoms with Crippen LogP contribution in [-0.2, 0) is 0 Å². The Morgan fingerprint density at radius 3 is 2.79 bits per heavy atom. The van der Waals surface area contributed by atoms with E-state index in [1.807, 2.05) is 31.2 Å². The number of nitrogens with one attached hydrogen (secondary N) is 1. The van der Waals surface area contributed by atoms with Crippen LogP contribution < -0.4 is 10.1 Å². The van der Waals surface area contributed by atoms with Crippen LogP contribution in [-0.4, -0.2) is 29.6 Å². The van der Waals surface area contributed by atoms with Gasteiger partial charge >= 0.3 is 0 Å². The van der Waals surface area contributed by atoms with Crippen molar-refractivity contribution in [2.75, 3.05) is 19.0 Å². The minimum Gasteiger partial charge on any atom is -0.504 e. The summed E-state index contributed by atoms with van der Waals surface area (Å²) in [7, 11) is 1.50. The molecule has 2 aromatic carbocycles. The van der Waals surface area contributed by atoms with Crippen LogP contribution in [0.2, 0.25) is 0 Å². The molecule has 0 unspecified atom stereocenters. The van der Waals surface area contributed by atoms with Gasteiger partial charge in [-0.1, -0.05) is 35.0 Å². The Hall–Kier alpha value is -2.21. The SMILES string of the molecule is CCCN1C(=O)c2ccccc2N[C@H]1c1cc(Br)cc(OC)c1O. The number of carbonyl (C=O) groups is 1. The molecular formula is C18H19BrN2O3. The van der Waals surface area contributed by atoms with Crippen molar-refractivity contribution >= 4 is 27.5 Å². The second kappa shape index (κ2) is 6.73. The molecule has 1 atom stereocenters. The minimum atomic E-state index is -0.459. The first-order chi connectivity index (χ1) is 11.6. The van der Waals surface area contributed by atoms with Gasteiger partial charge in [-0.15, -0.1) is 0 Å². The number of rotatable bonds is 4. The van der Waals surface area contributed by atoms with Crippen LogP contribution in [0.4, 0.5) is 5.69 Å². The molecule has 1 amide bonds. The summed E-state index contributed by atoms with van der Waals surface area (Å²) in [5.74, 6) is 0.352. The fourth-order valence-corrected chi connectivity index (χ4v) is 3.42. The highest BCUT2D eigenvalue weighted by atomic mass is 79.9. The lowest BCUT2D eigenvalue weighted by Crippen LogP contribution is -2.43. The van der Waals surface area contributed by atoms with Crippen molar-refractivity contribution in [2.24, 2.45) is 0 Å². The first kappa shape index (κ1) is 16.6. The van der Waals surface area contributed by atoms with Crippen molar-refractivity contribution in [3.05, 3.63) is 52.0 Å². The van der Waals surface area contributed by atoms with E-state index in [4.69, 9.17) is 4.74 Å². The lowest BCUT2D eigenvalue weighted by Gasteiger charge is -2.38. The summed E-state index contributed by atoms with van der Waals surface area (Å²) in [4.78, 5) is 14.6. The van der Waals surface area contributed by atoms with E-state index < -0.39 is 6.17 Å². The van der Waals surface area contributed by atoms with Crippen LogP contribution in [0.1, 0.15) is 35.4 Å². The summed E-state index contributed by atoms with van der Waals surface area (Å²) >= 11 is 3.44. The molecule has 0 bridgehead atoms. The molecule has 126 valence electrons. The van der Waals surface area contributed by atoms with Gasteiger partial charge in [-0.25, -0.2) is 0 Å². The molecule has 6 heteroatoms. The summed E-state index contributed by atoms with van der Waals surface area (Å²) in [6.45, 7) is 2.60. The number of para-hydroxylation sites is 1. The van der Waals surface area contributed by atoms with E-state index in [1.165, 1.54) is 7.11 Å². The number of ether oxygens (including phenoxy) is 1. The highest BCUT2D eigenvalue weighted by Gasteiger charge is 2.34. The Labute approximate surface area is 149 Å². The number of phenols is 1. The molecule has 5 nitrogen and oxygen atoms in total. The van der Waals surface area contributed by atoms with Crippen LogP contribution in [0.25, 0.3) is 0 Å². The van der Waals surface area contributed by atoms with Crippen LogP contribution >= 0.6 is 15.9 Å². The molecule has 0 aliphatic carbocycles. The number of aromatic hydroxyl groups is 1. The van der Waals surface area contributed by atoms with Crippen molar-refractivity contribution in [1.82, 2.24) is 4.90 Å². The zero-order valence-electron chi connectivity index (χ0n) is 13.5. The molecule has 0 aromatic heterocycles. The molecule has 2 N–H and O–H groups in total. The van der Waals surface area contributed by atoms with Gasteiger partial charge in [0.15, 0.2) is 11.5 Å². The largest absolute Gasteiger partial charge is 0.504 e. The molecule has 0 radical (unpaired) electrons. The third-order valence-corrected chi connectivity index (χ3v) is 4.53. The molecule has 1 aliphatic rings. The molecule has 0 spiro atoms. The second-order valence-corrected chi connectivity index (χ2v) is 6.55. The summed E-state index contributed by atoms with van der Waals surface area (Å²) in [5, 5.41) is 13.9. The van der Waals surface area contributed by atoms with Gasteiger partial charge in [0, 0.05) is 22.3 Å². The summed E-state index contributed by atoms with van der Waals surface area (Å²) < 4.78 is 6.01. The number of carbonyl (C=O) groups excluding carboxylic acids is 1. The standard InChI is InChI=1S/C18H19BrN2O3/c1-3-8-21-17(13-9-11(19)10-15(24-2)16(13)22)20-14-7-5-4-6-12(14)18(21)23/h4-7,9-10,17,20,22H,3,8H2,1-2H3/t17-/m1/s1. The van der Waals surface area contributed by atoms with Gasteiger partial charge in [0.1, 0.15) is 6.17 Å². The van der Waals surface area contributed by atoms with Gasteiger partial charge in [0.2, 0.25) is 0 Å². The maximum Gasteiger partial charge on any atom is 0.257 e. The average Bonchev–Trinajstić information content (AvgIpc) is 2.59. The van der Waals surface area contributed by atoms with Crippen molar-refractivity contribution in [2.45, 2.75) is 19.5 Å². The third kappa shape index (κ3) is 2.82. The van der Waals surface area contributed by atoms with E-state index in [0.717, 1.165) is 16.6 Å². The monoisotopic (exact) mass is 390 g/mol. The number of benzene rings is 2. The lowest BCUT2D eigenvalue weighted by molar-refractivity contribution is 0.0681. The van der Waals surface area contributed by atoms with Gasteiger partial charge in [-0.2, -0.15) is 0 Å². The Morgan fingerprint density at radius 1 is 1.33 bits per heavy atom. The fraction of sp³-hybridized carbons (Fsp3) is 0.278. The topological polar surface area (TPSA) is 61.8 Å². The number of anilines is 1. The molecule has 1 aliphatic heterocycles. The van der Waals surface area contributed by atoms with Crippen LogP contribution in [0.15, 0.2) is 40.9 Å². The predicted octanol–water partition coefficient (Wildman–Crippen LogP) is 4.14. The lowest BCUT2D eigenvalue weighted by atomic mass is 10.0. The quantitative estimate of drug-likeness (QED) is 0.823. The molecule has 0 fully saturated rings. The van der Waals surface area contributed by atoms with Crippen molar-refractivity contribution < 1.29 is 14.6 Å². The van der Waals surface area contributed by atoms with Crippen LogP contribution in [0, 0.1) is 0 Å². The number of hydrogen-bond donors (Lipinski definition) is 2. The maximum absolute atomic E-state index is 12.9. The van der Waals surface area contributed by atoms with E-state index in [-0.39, 0.29) is 11.7 Å². The smallest absolute Gasteiger partial charge is 0.257 e. The second-order valence-electron chi connectivity index (χ2n) is 5.64. The van der Waals surface area contributed by atoms with Gasteiger partial charge in [-0.3, -0.25) is 4.79 Å². The van der Waals surface area contributed by atoms with Crippen molar-refractivity contribution in [3.8, 4) is 11.5 Å². The van der Waals surface area contributed by atoms with Gasteiger partial charge in [0.05, 0.1) is 12.7 Å². The van der Waals surface area contributed by atoms with Crippen molar-refractivity contribution in [1.29, 1.82) is 0 Å². The number of hydrogen-bond acceptors (Lipinski definition) is 4. The summed E-state index contributed by atoms with van der Waals surface area (Å²) in [6.07, 6.45) is 0.358. The number of amides is 1. The van der Waals surface area contributed by atoms with Gasteiger partial charge < -0.3 is 20.1 Å². The van der Waals surface area contributed by atoms with E-state index in [2.05, 4.69) is 21.2 Å². The zero-order valence-corrected chi connectivity index (χ0v) is 15.1. The molecule has 3 rings (SSSR count). The first-order valence-electron chi connectivity index (χ1n) is 7.79. The number of phenolic OH excluding ortho intramolecular Hbond substituents is 1. The summed E-state index contributed by atoms with van der Waals surface area (Å²) in [6, 6.07) is 10.9. The summed E-state index contributed by atoms with van der Waals surface area (Å²) in [5.41, 5.74) is 2.00. The number of methoxy groups -OCH3 is 1. The molecule has 2 aromatic rings. The Kier molecular flexibility index (Phi) is 4.66. The first-order valence-corrected chi connectivity index (χ1v) is 8.59. The van der Waals surface area contributed by atoms with Gasteiger partial charge in [0.25, 0.3) is 5.91 Å². The fourth-order valence-electron chi connectivity index (χ4n) is 2.97. The maximum atomic E-state index is 12.9. The molecular weight excluding hydrogens is 372 g/mol. The Morgan fingerprint density at radius 2 is 2.08 bits per heavy atom. The van der Waals surface area contributed by atoms with E-state index in [0.29, 0.717) is 23.4 Å². The van der Waals surface area contributed by atoms with E-state index >= 15 is 0 Å². The zero-order chi connectivity index (χ0) is 17.3. The average molecular weight is 391 g/mol. The van der Waals surface area contributed by atoms with Crippen molar-refractivity contribution in [3.63, 3.8) is 0 Å². The molecule has 0 saturated heterocycles.